The number of carbonyl (C=O) groups is 1. The molecule has 4 nitrogen and oxygen atoms in total. The molecule has 3 rings (SSSR count). The van der Waals surface area contributed by atoms with E-state index in [-0.39, 0.29) is 5.91 Å². The summed E-state index contributed by atoms with van der Waals surface area (Å²) < 4.78 is 0. The van der Waals surface area contributed by atoms with Crippen LogP contribution in [0.5, 0.6) is 0 Å². The summed E-state index contributed by atoms with van der Waals surface area (Å²) in [7, 11) is 0. The Kier molecular flexibility index (Phi) is 3.03. The monoisotopic (exact) mass is 273 g/mol. The third kappa shape index (κ3) is 1.61. The third-order valence-corrected chi connectivity index (χ3v) is 5.65. The Balaban J connectivity index is 2.18. The molecule has 0 N–H and O–H groups in total. The number of thioether (sulfide) groups is 1. The lowest BCUT2D eigenvalue weighted by atomic mass is 9.60. The SMILES string of the molecule is N#CC1=C2SCCN2C(=O)[C@@H](C#N)C12CCCCC2. The van der Waals surface area contributed by atoms with Crippen molar-refractivity contribution in [2.24, 2.45) is 11.3 Å². The van der Waals surface area contributed by atoms with E-state index in [0.717, 1.165) is 42.9 Å². The molecule has 19 heavy (non-hydrogen) atoms. The molecule has 1 saturated carbocycles. The van der Waals surface area contributed by atoms with Gasteiger partial charge in [0.25, 0.3) is 0 Å². The van der Waals surface area contributed by atoms with Crippen LogP contribution < -0.4 is 0 Å². The van der Waals surface area contributed by atoms with Crippen LogP contribution in [0.3, 0.4) is 0 Å². The summed E-state index contributed by atoms with van der Waals surface area (Å²) in [5.74, 6) is 0.0915. The summed E-state index contributed by atoms with van der Waals surface area (Å²) in [5.41, 5.74) is 0.211. The van der Waals surface area contributed by atoms with Crippen LogP contribution in [0.25, 0.3) is 0 Å². The molecule has 0 bridgehead atoms. The highest BCUT2D eigenvalue weighted by molar-refractivity contribution is 8.03. The molecule has 0 aromatic rings. The lowest BCUT2D eigenvalue weighted by Gasteiger charge is -2.45. The zero-order chi connectivity index (χ0) is 13.5. The number of nitriles is 2. The summed E-state index contributed by atoms with van der Waals surface area (Å²) in [5, 5.41) is 19.9. The van der Waals surface area contributed by atoms with E-state index >= 15 is 0 Å². The zero-order valence-electron chi connectivity index (χ0n) is 10.7. The predicted molar refractivity (Wildman–Crippen MR) is 71.4 cm³/mol. The van der Waals surface area contributed by atoms with Gasteiger partial charge in [-0.25, -0.2) is 0 Å². The van der Waals surface area contributed by atoms with Crippen LogP contribution in [-0.4, -0.2) is 23.1 Å². The van der Waals surface area contributed by atoms with Crippen molar-refractivity contribution in [3.8, 4) is 12.1 Å². The Morgan fingerprint density at radius 2 is 2.00 bits per heavy atom. The Morgan fingerprint density at radius 1 is 1.26 bits per heavy atom. The summed E-state index contributed by atoms with van der Waals surface area (Å²) in [6.45, 7) is 0.637. The molecule has 1 atom stereocenters. The first-order chi connectivity index (χ1) is 9.24. The smallest absolute Gasteiger partial charge is 0.245 e. The molecule has 0 unspecified atom stereocenters. The number of rotatable bonds is 0. The second-order valence-corrected chi connectivity index (χ2v) is 6.49. The van der Waals surface area contributed by atoms with Gasteiger partial charge >= 0.3 is 0 Å². The van der Waals surface area contributed by atoms with E-state index in [9.17, 15) is 15.3 Å². The molecule has 2 fully saturated rings. The van der Waals surface area contributed by atoms with Gasteiger partial charge in [-0.2, -0.15) is 10.5 Å². The molecule has 3 aliphatic rings. The largest absolute Gasteiger partial charge is 0.304 e. The normalized spacial score (nSPS) is 29.1. The maximum atomic E-state index is 12.5. The van der Waals surface area contributed by atoms with E-state index in [2.05, 4.69) is 12.1 Å². The van der Waals surface area contributed by atoms with Crippen LogP contribution in [0.15, 0.2) is 10.6 Å². The summed E-state index contributed by atoms with van der Waals surface area (Å²) in [4.78, 5) is 14.2. The lowest BCUT2D eigenvalue weighted by molar-refractivity contribution is -0.136. The maximum absolute atomic E-state index is 12.5. The highest BCUT2D eigenvalue weighted by Gasteiger charge is 2.54. The van der Waals surface area contributed by atoms with E-state index in [0.29, 0.717) is 12.1 Å². The van der Waals surface area contributed by atoms with Crippen molar-refractivity contribution in [3.63, 3.8) is 0 Å². The van der Waals surface area contributed by atoms with E-state index in [1.54, 1.807) is 16.7 Å². The van der Waals surface area contributed by atoms with Crippen molar-refractivity contribution < 1.29 is 4.79 Å². The first kappa shape index (κ1) is 12.6. The standard InChI is InChI=1S/C14H15N3OS/c15-8-10-12(18)17-6-7-19-13(17)11(9-16)14(10)4-2-1-3-5-14/h10H,1-7H2/t10-/m1/s1. The summed E-state index contributed by atoms with van der Waals surface area (Å²) in [6.07, 6.45) is 4.76. The van der Waals surface area contributed by atoms with Gasteiger partial charge < -0.3 is 4.90 Å². The number of allylic oxidation sites excluding steroid dienone is 1. The van der Waals surface area contributed by atoms with E-state index < -0.39 is 11.3 Å². The van der Waals surface area contributed by atoms with Crippen LogP contribution in [0.1, 0.15) is 32.1 Å². The molecule has 1 spiro atoms. The van der Waals surface area contributed by atoms with Gasteiger partial charge in [-0.05, 0) is 12.8 Å². The number of carbonyl (C=O) groups excluding carboxylic acids is 1. The molecule has 98 valence electrons. The van der Waals surface area contributed by atoms with Gasteiger partial charge in [0, 0.05) is 17.7 Å². The van der Waals surface area contributed by atoms with Crippen LogP contribution in [0.2, 0.25) is 0 Å². The van der Waals surface area contributed by atoms with Gasteiger partial charge in [0.15, 0.2) is 0 Å². The quantitative estimate of drug-likeness (QED) is 0.679. The molecule has 1 saturated heterocycles. The van der Waals surface area contributed by atoms with Crippen molar-refractivity contribution in [2.45, 2.75) is 32.1 Å². The molecule has 2 aliphatic heterocycles. The van der Waals surface area contributed by atoms with Crippen LogP contribution in [0.4, 0.5) is 0 Å². The second kappa shape index (κ2) is 4.58. The van der Waals surface area contributed by atoms with E-state index in [1.165, 1.54) is 0 Å². The lowest BCUT2D eigenvalue weighted by Crippen LogP contribution is -2.49. The average Bonchev–Trinajstić information content (AvgIpc) is 2.90. The molecule has 0 aromatic carbocycles. The second-order valence-electron chi connectivity index (χ2n) is 5.41. The summed E-state index contributed by atoms with van der Waals surface area (Å²) >= 11 is 1.60. The van der Waals surface area contributed by atoms with Crippen LogP contribution in [-0.2, 0) is 4.79 Å². The Labute approximate surface area is 117 Å². The summed E-state index contributed by atoms with van der Waals surface area (Å²) in [6, 6.07) is 4.54. The molecular weight excluding hydrogens is 258 g/mol. The first-order valence-corrected chi connectivity index (χ1v) is 7.72. The van der Waals surface area contributed by atoms with Crippen molar-refractivity contribution in [1.29, 1.82) is 10.5 Å². The van der Waals surface area contributed by atoms with Crippen LogP contribution >= 0.6 is 11.8 Å². The third-order valence-electron chi connectivity index (χ3n) is 4.56. The molecule has 5 heteroatoms. The first-order valence-electron chi connectivity index (χ1n) is 6.73. The Hall–Kier alpha value is -1.46. The fraction of sp³-hybridized carbons (Fsp3) is 0.643. The van der Waals surface area contributed by atoms with Gasteiger partial charge in [-0.3, -0.25) is 4.79 Å². The Bertz CT molecular complexity index is 534. The van der Waals surface area contributed by atoms with Crippen LogP contribution in [0, 0.1) is 34.0 Å². The van der Waals surface area contributed by atoms with Gasteiger partial charge in [-0.15, -0.1) is 11.8 Å². The zero-order valence-corrected chi connectivity index (χ0v) is 11.5. The molecule has 2 heterocycles. The topological polar surface area (TPSA) is 67.9 Å². The number of hydrogen-bond acceptors (Lipinski definition) is 4. The molecule has 1 aliphatic carbocycles. The molecule has 0 aromatic heterocycles. The highest BCUT2D eigenvalue weighted by Crippen LogP contribution is 2.55. The molecule has 1 amide bonds. The van der Waals surface area contributed by atoms with Crippen molar-refractivity contribution in [2.75, 3.05) is 12.3 Å². The number of hydrogen-bond donors (Lipinski definition) is 0. The van der Waals surface area contributed by atoms with E-state index in [4.69, 9.17) is 0 Å². The van der Waals surface area contributed by atoms with Gasteiger partial charge in [0.2, 0.25) is 5.91 Å². The number of fused-ring (bicyclic) bond motifs is 1. The average molecular weight is 273 g/mol. The van der Waals surface area contributed by atoms with Crippen molar-refractivity contribution in [3.05, 3.63) is 10.6 Å². The van der Waals surface area contributed by atoms with Gasteiger partial charge in [-0.1, -0.05) is 19.3 Å². The molecular formula is C14H15N3OS. The van der Waals surface area contributed by atoms with E-state index in [1.807, 2.05) is 0 Å². The predicted octanol–water partition coefficient (Wildman–Crippen LogP) is 2.40. The number of amides is 1. The maximum Gasteiger partial charge on any atom is 0.245 e. The highest BCUT2D eigenvalue weighted by atomic mass is 32.2. The molecule has 0 radical (unpaired) electrons. The Morgan fingerprint density at radius 3 is 2.63 bits per heavy atom. The van der Waals surface area contributed by atoms with Crippen molar-refractivity contribution in [1.82, 2.24) is 4.90 Å². The van der Waals surface area contributed by atoms with Crippen molar-refractivity contribution >= 4 is 17.7 Å². The van der Waals surface area contributed by atoms with Gasteiger partial charge in [0.05, 0.1) is 22.7 Å². The number of nitrogens with zero attached hydrogens (tertiary/aromatic N) is 3. The van der Waals surface area contributed by atoms with Gasteiger partial charge in [0.1, 0.15) is 5.92 Å². The minimum Gasteiger partial charge on any atom is -0.304 e. The minimum atomic E-state index is -0.662. The minimum absolute atomic E-state index is 0.0802. The fourth-order valence-electron chi connectivity index (χ4n) is 3.64. The fourth-order valence-corrected chi connectivity index (χ4v) is 4.84.